The lowest BCUT2D eigenvalue weighted by molar-refractivity contribution is -0.138. The highest BCUT2D eigenvalue weighted by Crippen LogP contribution is 2.29. The maximum atomic E-state index is 12.7. The summed E-state index contributed by atoms with van der Waals surface area (Å²) in [5.41, 5.74) is 0.368. The zero-order valence-corrected chi connectivity index (χ0v) is 16.2. The maximum Gasteiger partial charge on any atom is 0.377 e. The smallest absolute Gasteiger partial charge is 0.377 e. The minimum Gasteiger partial charge on any atom is -0.500 e. The van der Waals surface area contributed by atoms with Gasteiger partial charge in [0.05, 0.1) is 14.2 Å². The van der Waals surface area contributed by atoms with Crippen LogP contribution in [0.1, 0.15) is 36.7 Å². The van der Waals surface area contributed by atoms with Gasteiger partial charge < -0.3 is 18.9 Å². The van der Waals surface area contributed by atoms with Gasteiger partial charge in [0.1, 0.15) is 23.2 Å². The third-order valence-corrected chi connectivity index (χ3v) is 3.45. The van der Waals surface area contributed by atoms with E-state index in [2.05, 4.69) is 4.74 Å². The number of hydrogen-bond donors (Lipinski definition) is 0. The average Bonchev–Trinajstić information content (AvgIpc) is 2.52. The monoisotopic (exact) mass is 368 g/mol. The first kappa shape index (κ1) is 20.9. The molecule has 6 nitrogen and oxygen atoms in total. The molecule has 0 aromatic heterocycles. The SMILES string of the molecule is CO/C=C(/Oc1cccc(CSC)c1C(=O)OC(C)(C)C)C(=O)OC. The van der Waals surface area contributed by atoms with Gasteiger partial charge in [0.2, 0.25) is 5.76 Å². The molecule has 0 atom stereocenters. The number of benzene rings is 1. The van der Waals surface area contributed by atoms with Crippen molar-refractivity contribution in [3.05, 3.63) is 41.3 Å². The molecule has 7 heteroatoms. The lowest BCUT2D eigenvalue weighted by Crippen LogP contribution is -2.25. The van der Waals surface area contributed by atoms with E-state index in [1.54, 1.807) is 44.7 Å². The van der Waals surface area contributed by atoms with Crippen LogP contribution in [0, 0.1) is 0 Å². The van der Waals surface area contributed by atoms with Gasteiger partial charge in [-0.05, 0) is 38.7 Å². The van der Waals surface area contributed by atoms with Gasteiger partial charge in [0.15, 0.2) is 0 Å². The van der Waals surface area contributed by atoms with Crippen LogP contribution in [0.3, 0.4) is 0 Å². The van der Waals surface area contributed by atoms with Crippen molar-refractivity contribution in [2.75, 3.05) is 20.5 Å². The molecule has 0 amide bonds. The second-order valence-corrected chi connectivity index (χ2v) is 6.90. The van der Waals surface area contributed by atoms with Crippen LogP contribution in [-0.2, 0) is 24.8 Å². The van der Waals surface area contributed by atoms with E-state index in [1.807, 2.05) is 12.3 Å². The minimum absolute atomic E-state index is 0.170. The Morgan fingerprint density at radius 2 is 1.88 bits per heavy atom. The number of hydrogen-bond acceptors (Lipinski definition) is 7. The molecule has 0 N–H and O–H groups in total. The number of esters is 2. The Morgan fingerprint density at radius 1 is 1.20 bits per heavy atom. The van der Waals surface area contributed by atoms with Crippen LogP contribution in [0.15, 0.2) is 30.2 Å². The molecule has 1 aromatic carbocycles. The van der Waals surface area contributed by atoms with Gasteiger partial charge in [-0.2, -0.15) is 11.8 Å². The molecule has 1 rings (SSSR count). The summed E-state index contributed by atoms with van der Waals surface area (Å²) >= 11 is 1.56. The number of methoxy groups -OCH3 is 2. The van der Waals surface area contributed by atoms with E-state index in [9.17, 15) is 9.59 Å². The molecule has 0 aliphatic carbocycles. The second-order valence-electron chi connectivity index (χ2n) is 6.04. The van der Waals surface area contributed by atoms with Crippen LogP contribution in [0.4, 0.5) is 0 Å². The van der Waals surface area contributed by atoms with Gasteiger partial charge in [-0.15, -0.1) is 0 Å². The highest BCUT2D eigenvalue weighted by atomic mass is 32.2. The second kappa shape index (κ2) is 9.36. The number of thioether (sulfide) groups is 1. The molecule has 0 spiro atoms. The lowest BCUT2D eigenvalue weighted by Gasteiger charge is -2.22. The molecule has 0 aliphatic rings. The summed E-state index contributed by atoms with van der Waals surface area (Å²) in [6.07, 6.45) is 3.04. The van der Waals surface area contributed by atoms with Crippen molar-refractivity contribution in [3.8, 4) is 5.75 Å². The Morgan fingerprint density at radius 3 is 2.40 bits per heavy atom. The molecule has 0 bridgehead atoms. The van der Waals surface area contributed by atoms with Crippen molar-refractivity contribution >= 4 is 23.7 Å². The lowest BCUT2D eigenvalue weighted by atomic mass is 10.1. The van der Waals surface area contributed by atoms with E-state index in [1.165, 1.54) is 14.2 Å². The van der Waals surface area contributed by atoms with E-state index in [0.29, 0.717) is 5.75 Å². The molecule has 0 radical (unpaired) electrons. The average molecular weight is 368 g/mol. The molecule has 0 aliphatic heterocycles. The van der Waals surface area contributed by atoms with E-state index in [-0.39, 0.29) is 17.1 Å². The van der Waals surface area contributed by atoms with Crippen LogP contribution in [0.2, 0.25) is 0 Å². The summed E-state index contributed by atoms with van der Waals surface area (Å²) in [5, 5.41) is 0. The highest BCUT2D eigenvalue weighted by molar-refractivity contribution is 7.97. The summed E-state index contributed by atoms with van der Waals surface area (Å²) in [7, 11) is 2.61. The van der Waals surface area contributed by atoms with E-state index in [0.717, 1.165) is 11.8 Å². The van der Waals surface area contributed by atoms with E-state index >= 15 is 0 Å². The highest BCUT2D eigenvalue weighted by Gasteiger charge is 2.25. The largest absolute Gasteiger partial charge is 0.500 e. The molecule has 0 saturated heterocycles. The quantitative estimate of drug-likeness (QED) is 0.414. The molecule has 25 heavy (non-hydrogen) atoms. The number of ether oxygens (including phenoxy) is 4. The van der Waals surface area contributed by atoms with Gasteiger partial charge in [-0.25, -0.2) is 9.59 Å². The van der Waals surface area contributed by atoms with Crippen molar-refractivity contribution < 1.29 is 28.5 Å². The van der Waals surface area contributed by atoms with Gasteiger partial charge in [0.25, 0.3) is 0 Å². The molecule has 1 aromatic rings. The summed E-state index contributed by atoms with van der Waals surface area (Å²) in [5.74, 6) is -0.612. The van der Waals surface area contributed by atoms with Crippen molar-refractivity contribution in [2.24, 2.45) is 0 Å². The van der Waals surface area contributed by atoms with E-state index in [4.69, 9.17) is 14.2 Å². The Bertz CT molecular complexity index is 645. The molecule has 138 valence electrons. The van der Waals surface area contributed by atoms with Crippen molar-refractivity contribution in [1.82, 2.24) is 0 Å². The Kier molecular flexibility index (Phi) is 7.83. The van der Waals surface area contributed by atoms with Crippen LogP contribution < -0.4 is 4.74 Å². The number of rotatable bonds is 7. The fourth-order valence-electron chi connectivity index (χ4n) is 1.94. The van der Waals surface area contributed by atoms with Gasteiger partial charge in [-0.3, -0.25) is 0 Å². The Hall–Kier alpha value is -2.15. The fourth-order valence-corrected chi connectivity index (χ4v) is 2.49. The molecule has 0 saturated carbocycles. The number of carbonyl (C=O) groups is 2. The zero-order valence-electron chi connectivity index (χ0n) is 15.4. The molecule has 0 fully saturated rings. The van der Waals surface area contributed by atoms with Gasteiger partial charge in [0, 0.05) is 5.75 Å². The molecule has 0 unspecified atom stereocenters. The third kappa shape index (κ3) is 6.34. The van der Waals surface area contributed by atoms with Crippen molar-refractivity contribution in [1.29, 1.82) is 0 Å². The minimum atomic E-state index is -0.716. The zero-order chi connectivity index (χ0) is 19.0. The van der Waals surface area contributed by atoms with Crippen LogP contribution in [0.25, 0.3) is 0 Å². The standard InChI is InChI=1S/C18H24O6S/c1-18(2,3)24-17(20)15-12(11-25-6)8-7-9-13(15)23-14(10-21-4)16(19)22-5/h7-10H,11H2,1-6H3/b14-10+. The summed E-state index contributed by atoms with van der Waals surface area (Å²) in [6.45, 7) is 5.36. The topological polar surface area (TPSA) is 71.1 Å². The van der Waals surface area contributed by atoms with Gasteiger partial charge >= 0.3 is 11.9 Å². The van der Waals surface area contributed by atoms with Crippen molar-refractivity contribution in [3.63, 3.8) is 0 Å². The first-order chi connectivity index (χ1) is 11.7. The summed E-state index contributed by atoms with van der Waals surface area (Å²) in [4.78, 5) is 24.5. The predicted molar refractivity (Wildman–Crippen MR) is 96.6 cm³/mol. The molecule has 0 heterocycles. The predicted octanol–water partition coefficient (Wildman–Crippen LogP) is 3.54. The van der Waals surface area contributed by atoms with Crippen LogP contribution in [0.5, 0.6) is 5.75 Å². The van der Waals surface area contributed by atoms with Crippen LogP contribution >= 0.6 is 11.8 Å². The summed E-state index contributed by atoms with van der Waals surface area (Å²) < 4.78 is 20.6. The first-order valence-corrected chi connectivity index (χ1v) is 8.96. The first-order valence-electron chi connectivity index (χ1n) is 7.56. The Labute approximate surface area is 152 Å². The van der Waals surface area contributed by atoms with Crippen LogP contribution in [-0.4, -0.2) is 38.0 Å². The van der Waals surface area contributed by atoms with Crippen molar-refractivity contribution in [2.45, 2.75) is 32.1 Å². The third-order valence-electron chi connectivity index (χ3n) is 2.85. The summed E-state index contributed by atoms with van der Waals surface area (Å²) in [6, 6.07) is 5.16. The van der Waals surface area contributed by atoms with Gasteiger partial charge in [-0.1, -0.05) is 12.1 Å². The Balaban J connectivity index is 3.34. The maximum absolute atomic E-state index is 12.7. The number of carbonyl (C=O) groups excluding carboxylic acids is 2. The molecular weight excluding hydrogens is 344 g/mol. The normalized spacial score (nSPS) is 11.7. The van der Waals surface area contributed by atoms with E-state index < -0.39 is 17.5 Å². The fraction of sp³-hybridized carbons (Fsp3) is 0.444. The molecular formula is C18H24O6S.